The molecule has 1 amide bonds. The number of carbonyl (C=O) groups is 1. The fraction of sp³-hybridized carbons (Fsp3) is 0.706. The smallest absolute Gasteiger partial charge is 0.407 e. The first kappa shape index (κ1) is 19.9. The second kappa shape index (κ2) is 9.25. The molecule has 0 aliphatic heterocycles. The molecule has 0 radical (unpaired) electrons. The molecule has 0 saturated heterocycles. The quantitative estimate of drug-likeness (QED) is 0.762. The molecule has 1 aromatic rings. The molecule has 0 fully saturated rings. The molecule has 1 atom stereocenters. The zero-order chi connectivity index (χ0) is 17.5. The Morgan fingerprint density at radius 1 is 1.43 bits per heavy atom. The Kier molecular flexibility index (Phi) is 8.02. The Morgan fingerprint density at radius 2 is 2.13 bits per heavy atom. The molecule has 1 heterocycles. The van der Waals surface area contributed by atoms with E-state index in [0.29, 0.717) is 19.1 Å². The predicted molar refractivity (Wildman–Crippen MR) is 96.7 cm³/mol. The molecule has 0 spiro atoms. The van der Waals surface area contributed by atoms with Crippen molar-refractivity contribution in [2.45, 2.75) is 65.3 Å². The van der Waals surface area contributed by atoms with Gasteiger partial charge in [-0.05, 0) is 52.5 Å². The second-order valence-electron chi connectivity index (χ2n) is 6.95. The Hall–Kier alpha value is -1.11. The number of nitrogens with one attached hydrogen (secondary N) is 1. The minimum Gasteiger partial charge on any atom is -0.444 e. The number of rotatable bonds is 8. The van der Waals surface area contributed by atoms with E-state index in [1.165, 1.54) is 4.88 Å². The summed E-state index contributed by atoms with van der Waals surface area (Å²) in [6.07, 6.45) is 0.432. The van der Waals surface area contributed by atoms with Crippen LogP contribution < -0.4 is 11.1 Å². The maximum Gasteiger partial charge on any atom is 0.407 e. The molecule has 3 N–H and O–H groups in total. The number of hydrogen-bond donors (Lipinski definition) is 2. The van der Waals surface area contributed by atoms with E-state index in [0.717, 1.165) is 13.0 Å². The summed E-state index contributed by atoms with van der Waals surface area (Å²) in [6, 6.07) is 4.84. The van der Waals surface area contributed by atoms with Crippen LogP contribution in [0.15, 0.2) is 17.5 Å². The first-order valence-corrected chi connectivity index (χ1v) is 9.06. The Bertz CT molecular complexity index is 455. The summed E-state index contributed by atoms with van der Waals surface area (Å²) >= 11 is 1.76. The van der Waals surface area contributed by atoms with Crippen LogP contribution in [-0.2, 0) is 11.3 Å². The number of thiophene rings is 1. The number of nitrogens with zero attached hydrogens (tertiary/aromatic N) is 1. The molecule has 0 aliphatic carbocycles. The van der Waals surface area contributed by atoms with Gasteiger partial charge < -0.3 is 15.8 Å². The van der Waals surface area contributed by atoms with Gasteiger partial charge in [-0.25, -0.2) is 4.79 Å². The van der Waals surface area contributed by atoms with E-state index >= 15 is 0 Å². The van der Waals surface area contributed by atoms with E-state index in [1.54, 1.807) is 11.3 Å². The van der Waals surface area contributed by atoms with E-state index in [-0.39, 0.29) is 12.1 Å². The van der Waals surface area contributed by atoms with E-state index < -0.39 is 5.60 Å². The lowest BCUT2D eigenvalue weighted by molar-refractivity contribution is 0.0519. The highest BCUT2D eigenvalue weighted by Crippen LogP contribution is 2.17. The van der Waals surface area contributed by atoms with Crippen LogP contribution in [0.2, 0.25) is 0 Å². The number of hydrogen-bond acceptors (Lipinski definition) is 5. The van der Waals surface area contributed by atoms with Crippen LogP contribution >= 0.6 is 11.3 Å². The van der Waals surface area contributed by atoms with E-state index in [1.807, 2.05) is 20.8 Å². The van der Waals surface area contributed by atoms with Crippen molar-refractivity contribution in [3.8, 4) is 0 Å². The highest BCUT2D eigenvalue weighted by molar-refractivity contribution is 7.09. The molecular weight excluding hydrogens is 310 g/mol. The fourth-order valence-electron chi connectivity index (χ4n) is 2.39. The van der Waals surface area contributed by atoms with Crippen molar-refractivity contribution in [3.05, 3.63) is 22.4 Å². The van der Waals surface area contributed by atoms with Gasteiger partial charge in [-0.1, -0.05) is 6.07 Å². The first-order chi connectivity index (χ1) is 10.7. The summed E-state index contributed by atoms with van der Waals surface area (Å²) in [7, 11) is 0. The van der Waals surface area contributed by atoms with Gasteiger partial charge in [-0.15, -0.1) is 11.3 Å². The second-order valence-corrected chi connectivity index (χ2v) is 7.98. The number of ether oxygens (including phenoxy) is 1. The number of nitrogens with two attached hydrogens (primary N) is 1. The summed E-state index contributed by atoms with van der Waals surface area (Å²) in [5.41, 5.74) is 5.51. The van der Waals surface area contributed by atoms with Crippen molar-refractivity contribution in [3.63, 3.8) is 0 Å². The van der Waals surface area contributed by atoms with Gasteiger partial charge >= 0.3 is 6.09 Å². The molecule has 132 valence electrons. The van der Waals surface area contributed by atoms with Gasteiger partial charge in [-0.2, -0.15) is 0 Å². The average Bonchev–Trinajstić information content (AvgIpc) is 2.92. The van der Waals surface area contributed by atoms with Gasteiger partial charge in [0.2, 0.25) is 0 Å². The molecule has 6 heteroatoms. The Balaban J connectivity index is 2.51. The summed E-state index contributed by atoms with van der Waals surface area (Å²) in [4.78, 5) is 15.4. The van der Waals surface area contributed by atoms with Crippen LogP contribution in [0.4, 0.5) is 4.79 Å². The van der Waals surface area contributed by atoms with Crippen LogP contribution in [0.25, 0.3) is 0 Å². The lowest BCUT2D eigenvalue weighted by atomic mass is 10.1. The number of amides is 1. The summed E-state index contributed by atoms with van der Waals surface area (Å²) in [6.45, 7) is 12.0. The Morgan fingerprint density at radius 3 is 2.61 bits per heavy atom. The summed E-state index contributed by atoms with van der Waals surface area (Å²) in [5.74, 6) is 0. The van der Waals surface area contributed by atoms with Gasteiger partial charge in [0, 0.05) is 36.6 Å². The minimum atomic E-state index is -0.472. The van der Waals surface area contributed by atoms with Gasteiger partial charge in [-0.3, -0.25) is 4.90 Å². The molecule has 5 nitrogen and oxygen atoms in total. The lowest BCUT2D eigenvalue weighted by Gasteiger charge is -2.34. The van der Waals surface area contributed by atoms with Crippen LogP contribution in [-0.4, -0.2) is 41.8 Å². The molecule has 0 aliphatic rings. The van der Waals surface area contributed by atoms with Crippen LogP contribution in [0.1, 0.15) is 45.9 Å². The molecule has 1 rings (SSSR count). The summed E-state index contributed by atoms with van der Waals surface area (Å²) < 4.78 is 5.25. The average molecular weight is 342 g/mol. The summed E-state index contributed by atoms with van der Waals surface area (Å²) in [5, 5.41) is 4.91. The van der Waals surface area contributed by atoms with Crippen LogP contribution in [0, 0.1) is 0 Å². The largest absolute Gasteiger partial charge is 0.444 e. The third-order valence-electron chi connectivity index (χ3n) is 3.47. The molecule has 0 aromatic carbocycles. The molecule has 1 aromatic heterocycles. The van der Waals surface area contributed by atoms with Crippen molar-refractivity contribution >= 4 is 17.4 Å². The van der Waals surface area contributed by atoms with E-state index in [2.05, 4.69) is 41.6 Å². The van der Waals surface area contributed by atoms with Gasteiger partial charge in [0.25, 0.3) is 0 Å². The maximum atomic E-state index is 11.7. The molecule has 1 unspecified atom stereocenters. The van der Waals surface area contributed by atoms with Crippen molar-refractivity contribution in [1.29, 1.82) is 0 Å². The topological polar surface area (TPSA) is 67.6 Å². The normalized spacial score (nSPS) is 13.4. The minimum absolute atomic E-state index is 0.229. The van der Waals surface area contributed by atoms with Gasteiger partial charge in [0.15, 0.2) is 0 Å². The first-order valence-electron chi connectivity index (χ1n) is 8.18. The Labute approximate surface area is 144 Å². The van der Waals surface area contributed by atoms with Crippen molar-refractivity contribution in [2.24, 2.45) is 5.73 Å². The van der Waals surface area contributed by atoms with Crippen LogP contribution in [0.3, 0.4) is 0 Å². The van der Waals surface area contributed by atoms with E-state index in [9.17, 15) is 4.79 Å². The highest BCUT2D eigenvalue weighted by Gasteiger charge is 2.21. The lowest BCUT2D eigenvalue weighted by Crippen LogP contribution is -2.46. The fourth-order valence-corrected chi connectivity index (χ4v) is 3.10. The third-order valence-corrected chi connectivity index (χ3v) is 4.33. The van der Waals surface area contributed by atoms with Gasteiger partial charge in [0.05, 0.1) is 0 Å². The SMILES string of the molecule is CC(C)N(Cc1cccs1)C(CN)CCNC(=O)OC(C)(C)C. The molecule has 23 heavy (non-hydrogen) atoms. The van der Waals surface area contributed by atoms with Crippen molar-refractivity contribution in [2.75, 3.05) is 13.1 Å². The number of carbonyl (C=O) groups excluding carboxylic acids is 1. The van der Waals surface area contributed by atoms with Crippen molar-refractivity contribution < 1.29 is 9.53 Å². The highest BCUT2D eigenvalue weighted by atomic mass is 32.1. The standard InChI is InChI=1S/C17H31N3O2S/c1-13(2)20(12-15-7-6-10-23-15)14(11-18)8-9-19-16(21)22-17(3,4)5/h6-7,10,13-14H,8-9,11-12,18H2,1-5H3,(H,19,21). The van der Waals surface area contributed by atoms with E-state index in [4.69, 9.17) is 10.5 Å². The van der Waals surface area contributed by atoms with Crippen molar-refractivity contribution in [1.82, 2.24) is 10.2 Å². The van der Waals surface area contributed by atoms with Gasteiger partial charge in [0.1, 0.15) is 5.60 Å². The molecule has 0 saturated carbocycles. The zero-order valence-corrected chi connectivity index (χ0v) is 15.8. The molecule has 0 bridgehead atoms. The monoisotopic (exact) mass is 341 g/mol. The predicted octanol–water partition coefficient (Wildman–Crippen LogP) is 3.20. The van der Waals surface area contributed by atoms with Crippen LogP contribution in [0.5, 0.6) is 0 Å². The zero-order valence-electron chi connectivity index (χ0n) is 15.0. The molecular formula is C17H31N3O2S. The third kappa shape index (κ3) is 7.81. The maximum absolute atomic E-state index is 11.7. The number of alkyl carbamates (subject to hydrolysis) is 1.